The second-order valence-electron chi connectivity index (χ2n) is 4.75. The van der Waals surface area contributed by atoms with Crippen LogP contribution in [0.4, 0.5) is 0 Å². The maximum atomic E-state index is 12.1. The van der Waals surface area contributed by atoms with Gasteiger partial charge in [-0.2, -0.15) is 10.4 Å². The van der Waals surface area contributed by atoms with Gasteiger partial charge in [0.2, 0.25) is 0 Å². The fourth-order valence-corrected chi connectivity index (χ4v) is 2.46. The van der Waals surface area contributed by atoms with Crippen molar-refractivity contribution in [2.75, 3.05) is 0 Å². The van der Waals surface area contributed by atoms with Crippen LogP contribution in [0.1, 0.15) is 18.2 Å². The third-order valence-corrected chi connectivity index (χ3v) is 3.49. The van der Waals surface area contributed by atoms with Gasteiger partial charge < -0.3 is 4.57 Å². The molecule has 0 aliphatic rings. The van der Waals surface area contributed by atoms with E-state index >= 15 is 0 Å². The molecule has 0 fully saturated rings. The van der Waals surface area contributed by atoms with Gasteiger partial charge in [-0.25, -0.2) is 0 Å². The fraction of sp³-hybridized carbons (Fsp3) is 0.188. The van der Waals surface area contributed by atoms with Crippen LogP contribution in [0.25, 0.3) is 10.9 Å². The molecule has 0 aliphatic heterocycles. The Morgan fingerprint density at radius 3 is 2.81 bits per heavy atom. The number of hydrogen-bond donors (Lipinski definition) is 0. The summed E-state index contributed by atoms with van der Waals surface area (Å²) in [6.07, 6.45) is 1.68. The number of benzene rings is 1. The van der Waals surface area contributed by atoms with Gasteiger partial charge in [-0.15, -0.1) is 0 Å². The van der Waals surface area contributed by atoms with Gasteiger partial charge in [0.05, 0.1) is 17.8 Å². The van der Waals surface area contributed by atoms with Crippen molar-refractivity contribution < 1.29 is 0 Å². The summed E-state index contributed by atoms with van der Waals surface area (Å²) in [4.78, 5) is 12.1. The summed E-state index contributed by atoms with van der Waals surface area (Å²) in [5.74, 6) is 0. The zero-order valence-corrected chi connectivity index (χ0v) is 11.7. The summed E-state index contributed by atoms with van der Waals surface area (Å²) >= 11 is 0. The summed E-state index contributed by atoms with van der Waals surface area (Å²) in [5.41, 5.74) is 1.76. The van der Waals surface area contributed by atoms with E-state index in [9.17, 15) is 4.79 Å². The highest BCUT2D eigenvalue weighted by molar-refractivity contribution is 5.81. The Kier molecular flexibility index (Phi) is 3.28. The smallest absolute Gasteiger partial charge is 0.268 e. The molecule has 2 heterocycles. The first-order chi connectivity index (χ1) is 10.2. The average molecular weight is 278 g/mol. The topological polar surface area (TPSA) is 63.6 Å². The number of nitrogens with zero attached hydrogens (tertiary/aromatic N) is 4. The van der Waals surface area contributed by atoms with Crippen LogP contribution in [0.2, 0.25) is 0 Å². The van der Waals surface area contributed by atoms with E-state index in [4.69, 9.17) is 5.26 Å². The number of hydrogen-bond acceptors (Lipinski definition) is 3. The van der Waals surface area contributed by atoms with E-state index in [0.717, 1.165) is 23.1 Å². The maximum absolute atomic E-state index is 12.1. The number of aromatic nitrogens is 3. The van der Waals surface area contributed by atoms with E-state index in [0.29, 0.717) is 6.54 Å². The number of fused-ring (bicyclic) bond motifs is 1. The molecule has 5 heteroatoms. The van der Waals surface area contributed by atoms with Crippen LogP contribution in [0.15, 0.2) is 47.4 Å². The summed E-state index contributed by atoms with van der Waals surface area (Å²) in [6, 6.07) is 13.1. The summed E-state index contributed by atoms with van der Waals surface area (Å²) in [6.45, 7) is 3.17. The lowest BCUT2D eigenvalue weighted by Gasteiger charge is -2.03. The van der Waals surface area contributed by atoms with Crippen molar-refractivity contribution in [2.45, 2.75) is 20.0 Å². The highest BCUT2D eigenvalue weighted by Gasteiger charge is 2.11. The number of nitriles is 1. The fourth-order valence-electron chi connectivity index (χ4n) is 2.46. The number of aryl methyl sites for hydroxylation is 1. The first kappa shape index (κ1) is 13.1. The molecule has 0 saturated carbocycles. The Bertz CT molecular complexity index is 899. The molecule has 0 spiro atoms. The molecule has 0 bridgehead atoms. The second kappa shape index (κ2) is 5.25. The molecule has 0 amide bonds. The van der Waals surface area contributed by atoms with Crippen molar-refractivity contribution in [1.82, 2.24) is 14.3 Å². The van der Waals surface area contributed by atoms with E-state index in [1.165, 1.54) is 10.6 Å². The van der Waals surface area contributed by atoms with Gasteiger partial charge in [-0.3, -0.25) is 9.48 Å². The van der Waals surface area contributed by atoms with Crippen molar-refractivity contribution in [3.05, 3.63) is 64.2 Å². The van der Waals surface area contributed by atoms with Gasteiger partial charge in [-0.05, 0) is 25.1 Å². The van der Waals surface area contributed by atoms with E-state index in [-0.39, 0.29) is 11.1 Å². The standard InChI is InChI=1S/C16H14N4O/c1-2-20-15-8-4-3-7-13(15)14(18-20)11-19-9-5-6-12(10-17)16(19)21/h3-9H,2,11H2,1H3. The van der Waals surface area contributed by atoms with E-state index < -0.39 is 0 Å². The number of para-hydroxylation sites is 1. The van der Waals surface area contributed by atoms with Gasteiger partial charge in [0.25, 0.3) is 5.56 Å². The third-order valence-electron chi connectivity index (χ3n) is 3.49. The molecule has 0 radical (unpaired) electrons. The highest BCUT2D eigenvalue weighted by Crippen LogP contribution is 2.18. The van der Waals surface area contributed by atoms with Crippen LogP contribution < -0.4 is 5.56 Å². The molecule has 3 aromatic rings. The zero-order valence-electron chi connectivity index (χ0n) is 11.7. The summed E-state index contributed by atoms with van der Waals surface area (Å²) in [5, 5.41) is 14.5. The molecule has 3 rings (SSSR count). The zero-order chi connectivity index (χ0) is 14.8. The van der Waals surface area contributed by atoms with Gasteiger partial charge in [-0.1, -0.05) is 18.2 Å². The molecule has 0 aliphatic carbocycles. The Balaban J connectivity index is 2.11. The van der Waals surface area contributed by atoms with Crippen LogP contribution in [0.5, 0.6) is 0 Å². The van der Waals surface area contributed by atoms with Crippen molar-refractivity contribution >= 4 is 10.9 Å². The Hall–Kier alpha value is -2.87. The lowest BCUT2D eigenvalue weighted by molar-refractivity contribution is 0.647. The lowest BCUT2D eigenvalue weighted by Crippen LogP contribution is -2.22. The molecule has 21 heavy (non-hydrogen) atoms. The molecule has 5 nitrogen and oxygen atoms in total. The summed E-state index contributed by atoms with van der Waals surface area (Å²) in [7, 11) is 0. The lowest BCUT2D eigenvalue weighted by atomic mass is 10.2. The first-order valence-electron chi connectivity index (χ1n) is 6.78. The van der Waals surface area contributed by atoms with Crippen LogP contribution in [-0.4, -0.2) is 14.3 Å². The van der Waals surface area contributed by atoms with Gasteiger partial charge in [0.1, 0.15) is 11.6 Å². The molecular weight excluding hydrogens is 264 g/mol. The molecule has 1 aromatic carbocycles. The molecule has 104 valence electrons. The quantitative estimate of drug-likeness (QED) is 0.737. The molecule has 0 saturated heterocycles. The minimum atomic E-state index is -0.282. The molecule has 2 aromatic heterocycles. The van der Waals surface area contributed by atoms with Gasteiger partial charge >= 0.3 is 0 Å². The summed E-state index contributed by atoms with van der Waals surface area (Å²) < 4.78 is 3.44. The van der Waals surface area contributed by atoms with E-state index in [1.54, 1.807) is 12.3 Å². The van der Waals surface area contributed by atoms with Crippen molar-refractivity contribution in [1.29, 1.82) is 5.26 Å². The minimum Gasteiger partial charge on any atom is -0.308 e. The Labute approximate surface area is 121 Å². The molecule has 0 N–H and O–H groups in total. The van der Waals surface area contributed by atoms with Crippen molar-refractivity contribution in [2.24, 2.45) is 0 Å². The van der Waals surface area contributed by atoms with Crippen LogP contribution in [-0.2, 0) is 13.1 Å². The largest absolute Gasteiger partial charge is 0.308 e. The molecule has 0 atom stereocenters. The van der Waals surface area contributed by atoms with Crippen LogP contribution >= 0.6 is 0 Å². The average Bonchev–Trinajstić information content (AvgIpc) is 2.87. The monoisotopic (exact) mass is 278 g/mol. The molecule has 0 unspecified atom stereocenters. The first-order valence-corrected chi connectivity index (χ1v) is 6.78. The SMILES string of the molecule is CCn1nc(Cn2cccc(C#N)c2=O)c2ccccc21. The number of rotatable bonds is 3. The number of pyridine rings is 1. The Morgan fingerprint density at radius 2 is 2.05 bits per heavy atom. The van der Waals surface area contributed by atoms with E-state index in [1.807, 2.05) is 41.9 Å². The highest BCUT2D eigenvalue weighted by atomic mass is 16.1. The predicted octanol–water partition coefficient (Wildman–Crippen LogP) is 2.14. The van der Waals surface area contributed by atoms with Crippen LogP contribution in [0.3, 0.4) is 0 Å². The van der Waals surface area contributed by atoms with Gasteiger partial charge in [0, 0.05) is 18.1 Å². The second-order valence-corrected chi connectivity index (χ2v) is 4.75. The van der Waals surface area contributed by atoms with E-state index in [2.05, 4.69) is 5.10 Å². The van der Waals surface area contributed by atoms with Gasteiger partial charge in [0.15, 0.2) is 0 Å². The maximum Gasteiger partial charge on any atom is 0.268 e. The molecular formula is C16H14N4O. The minimum absolute atomic E-state index is 0.150. The predicted molar refractivity (Wildman–Crippen MR) is 79.9 cm³/mol. The third kappa shape index (κ3) is 2.21. The Morgan fingerprint density at radius 1 is 1.24 bits per heavy atom. The van der Waals surface area contributed by atoms with Crippen LogP contribution in [0, 0.1) is 11.3 Å². The normalized spacial score (nSPS) is 10.7. The van der Waals surface area contributed by atoms with Crippen molar-refractivity contribution in [3.8, 4) is 6.07 Å². The van der Waals surface area contributed by atoms with Crippen molar-refractivity contribution in [3.63, 3.8) is 0 Å².